The second-order valence-electron chi connectivity index (χ2n) is 6.03. The number of halogens is 3. The van der Waals surface area contributed by atoms with Gasteiger partial charge >= 0.3 is 12.1 Å². The molecule has 0 aliphatic heterocycles. The minimum atomic E-state index is -4.39. The smallest absolute Gasteiger partial charge is 0.416 e. The van der Waals surface area contributed by atoms with Gasteiger partial charge in [-0.2, -0.15) is 13.2 Å². The van der Waals surface area contributed by atoms with E-state index in [0.29, 0.717) is 18.4 Å². The van der Waals surface area contributed by atoms with Gasteiger partial charge in [0.25, 0.3) is 0 Å². The van der Waals surface area contributed by atoms with Crippen LogP contribution < -0.4 is 5.32 Å². The minimum Gasteiger partial charge on any atom is -0.480 e. The van der Waals surface area contributed by atoms with Crippen LogP contribution in [-0.2, 0) is 22.2 Å². The summed E-state index contributed by atoms with van der Waals surface area (Å²) in [5.41, 5.74) is -1.32. The second kappa shape index (κ2) is 6.22. The third-order valence-corrected chi connectivity index (χ3v) is 4.25. The fourth-order valence-electron chi connectivity index (χ4n) is 2.56. The molecule has 7 heteroatoms. The van der Waals surface area contributed by atoms with Gasteiger partial charge in [-0.05, 0) is 43.4 Å². The number of carboxylic acid groups (broad SMARTS) is 1. The van der Waals surface area contributed by atoms with E-state index in [1.165, 1.54) is 12.1 Å². The Labute approximate surface area is 131 Å². The maximum Gasteiger partial charge on any atom is 0.416 e. The van der Waals surface area contributed by atoms with Crippen LogP contribution in [0.25, 0.3) is 0 Å². The first-order valence-corrected chi connectivity index (χ1v) is 7.36. The third-order valence-electron chi connectivity index (χ3n) is 4.25. The van der Waals surface area contributed by atoms with Crippen LogP contribution in [0.1, 0.15) is 37.3 Å². The number of aliphatic carboxylic acids is 1. The van der Waals surface area contributed by atoms with Crippen LogP contribution >= 0.6 is 0 Å². The van der Waals surface area contributed by atoms with Crippen LogP contribution in [0.4, 0.5) is 13.2 Å². The molecule has 0 radical (unpaired) electrons. The largest absolute Gasteiger partial charge is 0.480 e. The van der Waals surface area contributed by atoms with Crippen LogP contribution in [0.5, 0.6) is 0 Å². The first-order chi connectivity index (χ1) is 10.6. The number of nitrogens with one attached hydrogen (secondary N) is 1. The number of hydrogen-bond acceptors (Lipinski definition) is 2. The average molecular weight is 329 g/mol. The summed E-state index contributed by atoms with van der Waals surface area (Å²) in [6.07, 6.45) is -2.58. The fourth-order valence-corrected chi connectivity index (χ4v) is 2.56. The number of hydrogen-bond donors (Lipinski definition) is 2. The van der Waals surface area contributed by atoms with Crippen LogP contribution in [0, 0.1) is 5.92 Å². The molecule has 1 unspecified atom stereocenters. The number of benzene rings is 1. The van der Waals surface area contributed by atoms with Gasteiger partial charge in [-0.25, -0.2) is 4.79 Å². The summed E-state index contributed by atoms with van der Waals surface area (Å²) in [5, 5.41) is 11.8. The highest BCUT2D eigenvalue weighted by Gasteiger charge is 2.46. The molecular formula is C16H18F3NO3. The molecule has 1 aromatic rings. The van der Waals surface area contributed by atoms with Crippen molar-refractivity contribution in [2.75, 3.05) is 0 Å². The van der Waals surface area contributed by atoms with Crippen molar-refractivity contribution in [3.63, 3.8) is 0 Å². The molecule has 1 saturated carbocycles. The Morgan fingerprint density at radius 1 is 1.26 bits per heavy atom. The number of carboxylic acids is 1. The predicted molar refractivity (Wildman–Crippen MR) is 76.7 cm³/mol. The van der Waals surface area contributed by atoms with E-state index in [0.717, 1.165) is 18.6 Å². The molecule has 0 saturated heterocycles. The van der Waals surface area contributed by atoms with Crippen molar-refractivity contribution >= 4 is 11.9 Å². The second-order valence-corrected chi connectivity index (χ2v) is 6.03. The number of amides is 1. The molecule has 0 spiro atoms. The summed E-state index contributed by atoms with van der Waals surface area (Å²) in [4.78, 5) is 23.4. The summed E-state index contributed by atoms with van der Waals surface area (Å²) in [5.74, 6) is -1.96. The lowest BCUT2D eigenvalue weighted by molar-refractivity contribution is -0.152. The normalized spacial score (nSPS) is 17.9. The molecule has 1 aliphatic rings. The molecule has 0 bridgehead atoms. The quantitative estimate of drug-likeness (QED) is 0.873. The van der Waals surface area contributed by atoms with Gasteiger partial charge in [0.2, 0.25) is 5.91 Å². The first-order valence-electron chi connectivity index (χ1n) is 7.36. The number of rotatable bonds is 5. The van der Waals surface area contributed by atoms with Gasteiger partial charge in [0, 0.05) is 5.92 Å². The van der Waals surface area contributed by atoms with Crippen molar-refractivity contribution in [2.24, 2.45) is 5.92 Å². The zero-order chi connectivity index (χ0) is 17.3. The van der Waals surface area contributed by atoms with Crippen molar-refractivity contribution in [3.8, 4) is 0 Å². The average Bonchev–Trinajstić information content (AvgIpc) is 2.41. The molecule has 1 aromatic carbocycles. The maximum absolute atomic E-state index is 12.5. The van der Waals surface area contributed by atoms with E-state index in [1.54, 1.807) is 6.92 Å². The molecule has 1 aliphatic carbocycles. The molecule has 1 amide bonds. The Kier molecular flexibility index (Phi) is 4.68. The Morgan fingerprint density at radius 3 is 2.22 bits per heavy atom. The van der Waals surface area contributed by atoms with Crippen LogP contribution in [-0.4, -0.2) is 22.5 Å². The topological polar surface area (TPSA) is 66.4 Å². The highest BCUT2D eigenvalue weighted by atomic mass is 19.4. The van der Waals surface area contributed by atoms with E-state index in [9.17, 15) is 27.9 Å². The molecule has 0 aromatic heterocycles. The van der Waals surface area contributed by atoms with Gasteiger partial charge < -0.3 is 10.4 Å². The Hall–Kier alpha value is -2.05. The lowest BCUT2D eigenvalue weighted by Crippen LogP contribution is -2.60. The van der Waals surface area contributed by atoms with Crippen molar-refractivity contribution in [1.82, 2.24) is 5.32 Å². The fraction of sp³-hybridized carbons (Fsp3) is 0.500. The molecule has 0 heterocycles. The summed E-state index contributed by atoms with van der Waals surface area (Å²) in [7, 11) is 0. The van der Waals surface area contributed by atoms with E-state index in [4.69, 9.17) is 0 Å². The van der Waals surface area contributed by atoms with Gasteiger partial charge in [0.15, 0.2) is 0 Å². The van der Waals surface area contributed by atoms with Crippen LogP contribution in [0.15, 0.2) is 24.3 Å². The first kappa shape index (κ1) is 17.3. The van der Waals surface area contributed by atoms with Crippen molar-refractivity contribution in [2.45, 2.75) is 44.3 Å². The van der Waals surface area contributed by atoms with E-state index < -0.39 is 35.1 Å². The van der Waals surface area contributed by atoms with Crippen molar-refractivity contribution in [1.29, 1.82) is 0 Å². The van der Waals surface area contributed by atoms with Crippen molar-refractivity contribution < 1.29 is 27.9 Å². The Balaban J connectivity index is 1.97. The highest BCUT2D eigenvalue weighted by Crippen LogP contribution is 2.32. The minimum absolute atomic E-state index is 0.250. The molecule has 4 nitrogen and oxygen atoms in total. The highest BCUT2D eigenvalue weighted by molar-refractivity contribution is 5.88. The van der Waals surface area contributed by atoms with E-state index >= 15 is 0 Å². The third kappa shape index (κ3) is 3.83. The Bertz CT molecular complexity index is 592. The molecule has 1 fully saturated rings. The number of carbonyl (C=O) groups excluding carboxylic acids is 1. The van der Waals surface area contributed by atoms with Gasteiger partial charge in [-0.1, -0.05) is 19.1 Å². The summed E-state index contributed by atoms with van der Waals surface area (Å²) in [6, 6.07) is 4.63. The molecular weight excluding hydrogens is 311 g/mol. The van der Waals surface area contributed by atoms with Crippen molar-refractivity contribution in [3.05, 3.63) is 35.4 Å². The number of alkyl halides is 3. The van der Waals surface area contributed by atoms with Gasteiger partial charge in [0.05, 0.1) is 5.56 Å². The zero-order valence-corrected chi connectivity index (χ0v) is 12.6. The molecule has 23 heavy (non-hydrogen) atoms. The maximum atomic E-state index is 12.5. The summed E-state index contributed by atoms with van der Waals surface area (Å²) >= 11 is 0. The summed E-state index contributed by atoms with van der Waals surface area (Å²) in [6.45, 7) is 1.63. The monoisotopic (exact) mass is 329 g/mol. The van der Waals surface area contributed by atoms with Crippen LogP contribution in [0.3, 0.4) is 0 Å². The zero-order valence-electron chi connectivity index (χ0n) is 12.6. The van der Waals surface area contributed by atoms with E-state index in [-0.39, 0.29) is 6.42 Å². The molecule has 2 N–H and O–H groups in total. The van der Waals surface area contributed by atoms with Gasteiger partial charge in [-0.3, -0.25) is 4.79 Å². The van der Waals surface area contributed by atoms with Crippen LogP contribution in [0.2, 0.25) is 0 Å². The standard InChI is InChI=1S/C16H18F3NO3/c1-10(13(21)20-15(14(22)23)7-2-8-15)9-11-3-5-12(6-4-11)16(17,18)19/h3-6,10H,2,7-9H2,1H3,(H,20,21)(H,22,23). The molecule has 126 valence electrons. The summed E-state index contributed by atoms with van der Waals surface area (Å²) < 4.78 is 37.5. The lowest BCUT2D eigenvalue weighted by atomic mass is 9.76. The van der Waals surface area contributed by atoms with Gasteiger partial charge in [-0.15, -0.1) is 0 Å². The lowest BCUT2D eigenvalue weighted by Gasteiger charge is -2.38. The Morgan fingerprint density at radius 2 is 1.83 bits per heavy atom. The predicted octanol–water partition coefficient (Wildman–Crippen LogP) is 3.01. The van der Waals surface area contributed by atoms with E-state index in [1.807, 2.05) is 0 Å². The molecule has 2 rings (SSSR count). The van der Waals surface area contributed by atoms with E-state index in [2.05, 4.69) is 5.32 Å². The SMILES string of the molecule is CC(Cc1ccc(C(F)(F)F)cc1)C(=O)NC1(C(=O)O)CCC1. The van der Waals surface area contributed by atoms with Gasteiger partial charge in [0.1, 0.15) is 5.54 Å². The number of carbonyl (C=O) groups is 2. The molecule has 1 atom stereocenters.